The van der Waals surface area contributed by atoms with Gasteiger partial charge in [0.25, 0.3) is 0 Å². The summed E-state index contributed by atoms with van der Waals surface area (Å²) in [5.41, 5.74) is 5.45. The summed E-state index contributed by atoms with van der Waals surface area (Å²) in [5.74, 6) is -2.57. The van der Waals surface area contributed by atoms with Crippen molar-refractivity contribution < 1.29 is 29.4 Å². The minimum Gasteiger partial charge on any atom is -0.480 e. The Balaban J connectivity index is 2.09. The SMILES string of the molecule is NC(CO)C(=O)NC(CS)C(=O)N1CCCC1C(=O)N1CCCC1C(=O)O. The van der Waals surface area contributed by atoms with Crippen LogP contribution in [0.5, 0.6) is 0 Å². The molecule has 152 valence electrons. The zero-order chi connectivity index (χ0) is 20.1. The van der Waals surface area contributed by atoms with Gasteiger partial charge in [0.2, 0.25) is 17.7 Å². The number of nitrogens with two attached hydrogens (primary N) is 1. The lowest BCUT2D eigenvalue weighted by Crippen LogP contribution is -2.57. The fourth-order valence-electron chi connectivity index (χ4n) is 3.51. The fraction of sp³-hybridized carbons (Fsp3) is 0.750. The molecule has 27 heavy (non-hydrogen) atoms. The van der Waals surface area contributed by atoms with Gasteiger partial charge in [-0.15, -0.1) is 0 Å². The van der Waals surface area contributed by atoms with Crippen molar-refractivity contribution in [3.05, 3.63) is 0 Å². The molecular weight excluding hydrogens is 376 g/mol. The first-order chi connectivity index (χ1) is 12.8. The number of hydrogen-bond donors (Lipinski definition) is 5. The highest BCUT2D eigenvalue weighted by molar-refractivity contribution is 7.80. The number of aliphatic carboxylic acids is 1. The number of aliphatic hydroxyl groups is 1. The molecule has 0 radical (unpaired) electrons. The van der Waals surface area contributed by atoms with Crippen LogP contribution in [0.25, 0.3) is 0 Å². The zero-order valence-electron chi connectivity index (χ0n) is 14.9. The molecule has 2 aliphatic heterocycles. The second kappa shape index (κ2) is 9.38. The number of nitrogens with zero attached hydrogens (tertiary/aromatic N) is 2. The van der Waals surface area contributed by atoms with Crippen molar-refractivity contribution in [3.63, 3.8) is 0 Å². The molecule has 0 aromatic carbocycles. The maximum absolute atomic E-state index is 12.9. The molecule has 2 fully saturated rings. The molecule has 2 rings (SSSR count). The van der Waals surface area contributed by atoms with Crippen LogP contribution in [0.3, 0.4) is 0 Å². The van der Waals surface area contributed by atoms with Crippen LogP contribution in [0, 0.1) is 0 Å². The van der Waals surface area contributed by atoms with Crippen LogP contribution in [0.1, 0.15) is 25.7 Å². The quantitative estimate of drug-likeness (QED) is 0.303. The molecule has 10 nitrogen and oxygen atoms in total. The Morgan fingerprint density at radius 1 is 1.11 bits per heavy atom. The van der Waals surface area contributed by atoms with E-state index in [-0.39, 0.29) is 11.7 Å². The van der Waals surface area contributed by atoms with E-state index < -0.39 is 48.6 Å². The predicted octanol–water partition coefficient (Wildman–Crippen LogP) is -2.21. The summed E-state index contributed by atoms with van der Waals surface area (Å²) >= 11 is 4.09. The van der Waals surface area contributed by atoms with Gasteiger partial charge in [0.05, 0.1) is 6.61 Å². The molecule has 4 unspecified atom stereocenters. The van der Waals surface area contributed by atoms with E-state index in [9.17, 15) is 24.3 Å². The second-order valence-corrected chi connectivity index (χ2v) is 7.12. The van der Waals surface area contributed by atoms with Crippen LogP contribution in [0.15, 0.2) is 0 Å². The number of carbonyl (C=O) groups is 4. The van der Waals surface area contributed by atoms with E-state index in [4.69, 9.17) is 10.8 Å². The molecule has 4 atom stereocenters. The summed E-state index contributed by atoms with van der Waals surface area (Å²) in [6.07, 6.45) is 2.06. The summed E-state index contributed by atoms with van der Waals surface area (Å²) in [4.78, 5) is 51.6. The maximum atomic E-state index is 12.9. The third kappa shape index (κ3) is 4.71. The molecule has 11 heteroatoms. The Labute approximate surface area is 162 Å². The lowest BCUT2D eigenvalue weighted by atomic mass is 10.1. The highest BCUT2D eigenvalue weighted by Gasteiger charge is 2.43. The van der Waals surface area contributed by atoms with Gasteiger partial charge >= 0.3 is 5.97 Å². The summed E-state index contributed by atoms with van der Waals surface area (Å²) in [6, 6.07) is -3.75. The molecule has 2 saturated heterocycles. The van der Waals surface area contributed by atoms with Crippen molar-refractivity contribution in [2.24, 2.45) is 5.73 Å². The molecule has 0 aromatic heterocycles. The number of hydrogen-bond acceptors (Lipinski definition) is 7. The second-order valence-electron chi connectivity index (χ2n) is 6.75. The molecular formula is C16H26N4O6S. The molecule has 0 saturated carbocycles. The number of carboxylic acids is 1. The van der Waals surface area contributed by atoms with Gasteiger partial charge in [-0.05, 0) is 25.7 Å². The number of aliphatic hydroxyl groups excluding tert-OH is 1. The van der Waals surface area contributed by atoms with Gasteiger partial charge in [0.15, 0.2) is 0 Å². The minimum atomic E-state index is -1.16. The standard InChI is InChI=1S/C16H26N4O6S/c17-9(7-21)13(22)18-10(8-27)14(23)19-5-1-3-11(19)15(24)20-6-2-4-12(20)16(25)26/h9-12,21,27H,1-8,17H2,(H,18,22)(H,25,26). The molecule has 2 heterocycles. The Morgan fingerprint density at radius 2 is 1.70 bits per heavy atom. The molecule has 2 aliphatic rings. The Bertz CT molecular complexity index is 603. The van der Waals surface area contributed by atoms with Gasteiger partial charge in [-0.25, -0.2) is 4.79 Å². The Kier molecular flexibility index (Phi) is 7.45. The van der Waals surface area contributed by atoms with Crippen molar-refractivity contribution in [1.29, 1.82) is 0 Å². The minimum absolute atomic E-state index is 0.00158. The number of nitrogens with one attached hydrogen (secondary N) is 1. The van der Waals surface area contributed by atoms with Gasteiger partial charge in [-0.2, -0.15) is 12.6 Å². The Hall–Kier alpha value is -1.85. The number of likely N-dealkylation sites (tertiary alicyclic amines) is 2. The number of rotatable bonds is 7. The molecule has 3 amide bonds. The van der Waals surface area contributed by atoms with Crippen LogP contribution in [0.2, 0.25) is 0 Å². The first kappa shape index (κ1) is 21.5. The molecule has 0 spiro atoms. The monoisotopic (exact) mass is 402 g/mol. The topological polar surface area (TPSA) is 153 Å². The van der Waals surface area contributed by atoms with E-state index in [0.717, 1.165) is 0 Å². The van der Waals surface area contributed by atoms with E-state index in [1.807, 2.05) is 0 Å². The summed E-state index contributed by atoms with van der Waals surface area (Å²) in [6.45, 7) is 0.134. The average Bonchev–Trinajstić information content (AvgIpc) is 3.33. The average molecular weight is 402 g/mol. The van der Waals surface area contributed by atoms with Gasteiger partial charge in [-0.1, -0.05) is 0 Å². The van der Waals surface area contributed by atoms with Crippen LogP contribution >= 0.6 is 12.6 Å². The largest absolute Gasteiger partial charge is 0.480 e. The fourth-order valence-corrected chi connectivity index (χ4v) is 3.76. The van der Waals surface area contributed by atoms with Crippen molar-refractivity contribution in [2.75, 3.05) is 25.4 Å². The van der Waals surface area contributed by atoms with Crippen molar-refractivity contribution in [2.45, 2.75) is 49.9 Å². The summed E-state index contributed by atoms with van der Waals surface area (Å²) in [7, 11) is 0. The number of carbonyl (C=O) groups excluding carboxylic acids is 3. The lowest BCUT2D eigenvalue weighted by molar-refractivity contribution is -0.152. The highest BCUT2D eigenvalue weighted by Crippen LogP contribution is 2.25. The Morgan fingerprint density at radius 3 is 2.26 bits per heavy atom. The third-order valence-electron chi connectivity index (χ3n) is 4.97. The van der Waals surface area contributed by atoms with Crippen LogP contribution in [0.4, 0.5) is 0 Å². The number of thiol groups is 1. The van der Waals surface area contributed by atoms with E-state index in [1.165, 1.54) is 9.80 Å². The maximum Gasteiger partial charge on any atom is 0.326 e. The summed E-state index contributed by atoms with van der Waals surface area (Å²) < 4.78 is 0. The number of carboxylic acid groups (broad SMARTS) is 1. The van der Waals surface area contributed by atoms with Crippen molar-refractivity contribution >= 4 is 36.3 Å². The zero-order valence-corrected chi connectivity index (χ0v) is 15.8. The molecule has 0 bridgehead atoms. The van der Waals surface area contributed by atoms with Gasteiger partial charge in [0, 0.05) is 18.8 Å². The first-order valence-corrected chi connectivity index (χ1v) is 9.56. The van der Waals surface area contributed by atoms with Crippen molar-refractivity contribution in [1.82, 2.24) is 15.1 Å². The first-order valence-electron chi connectivity index (χ1n) is 8.93. The normalized spacial score (nSPS) is 24.6. The highest BCUT2D eigenvalue weighted by atomic mass is 32.1. The summed E-state index contributed by atoms with van der Waals surface area (Å²) in [5, 5.41) is 20.7. The van der Waals surface area contributed by atoms with Gasteiger partial charge < -0.3 is 31.1 Å². The van der Waals surface area contributed by atoms with Crippen LogP contribution < -0.4 is 11.1 Å². The number of amides is 3. The third-order valence-corrected chi connectivity index (χ3v) is 5.34. The van der Waals surface area contributed by atoms with Crippen LogP contribution in [-0.2, 0) is 19.2 Å². The van der Waals surface area contributed by atoms with Crippen molar-refractivity contribution in [3.8, 4) is 0 Å². The predicted molar refractivity (Wildman–Crippen MR) is 98.0 cm³/mol. The van der Waals surface area contributed by atoms with E-state index >= 15 is 0 Å². The van der Waals surface area contributed by atoms with E-state index in [0.29, 0.717) is 38.8 Å². The smallest absolute Gasteiger partial charge is 0.326 e. The molecule has 5 N–H and O–H groups in total. The molecule has 0 aromatic rings. The van der Waals surface area contributed by atoms with Gasteiger partial charge in [0.1, 0.15) is 24.2 Å². The van der Waals surface area contributed by atoms with Crippen LogP contribution in [-0.4, -0.2) is 93.3 Å². The van der Waals surface area contributed by atoms with E-state index in [1.54, 1.807) is 0 Å². The van der Waals surface area contributed by atoms with Gasteiger partial charge in [-0.3, -0.25) is 14.4 Å². The van der Waals surface area contributed by atoms with E-state index in [2.05, 4.69) is 17.9 Å². The lowest BCUT2D eigenvalue weighted by Gasteiger charge is -2.32. The molecule has 0 aliphatic carbocycles.